The lowest BCUT2D eigenvalue weighted by Gasteiger charge is -2.07. The first-order valence-corrected chi connectivity index (χ1v) is 9.19. The molecule has 0 fully saturated rings. The minimum absolute atomic E-state index is 0.0996. The summed E-state index contributed by atoms with van der Waals surface area (Å²) in [5.74, 6) is -1.02. The number of nitrogens with zero attached hydrogens (tertiary/aromatic N) is 2. The van der Waals surface area contributed by atoms with Crippen LogP contribution in [0.5, 0.6) is 0 Å². The lowest BCUT2D eigenvalue weighted by Crippen LogP contribution is -2.15. The van der Waals surface area contributed by atoms with Crippen LogP contribution in [-0.4, -0.2) is 34.0 Å². The molecule has 146 valence electrons. The highest BCUT2D eigenvalue weighted by molar-refractivity contribution is 6.03. The number of hydrogen-bond acceptors (Lipinski definition) is 5. The number of hydrogen-bond donors (Lipinski definition) is 1. The zero-order chi connectivity index (χ0) is 20.5. The van der Waals surface area contributed by atoms with Crippen LogP contribution in [0.15, 0.2) is 48.5 Å². The summed E-state index contributed by atoms with van der Waals surface area (Å²) in [6, 6.07) is 14.4. The highest BCUT2D eigenvalue weighted by Crippen LogP contribution is 2.24. The number of rotatable bonds is 5. The number of ketones is 1. The molecule has 3 aromatic rings. The van der Waals surface area contributed by atoms with Crippen LogP contribution < -0.4 is 5.32 Å². The number of anilines is 1. The molecule has 2 heterocycles. The molecule has 0 bridgehead atoms. The average Bonchev–Trinajstić information content (AvgIpc) is 3.23. The predicted octanol–water partition coefficient (Wildman–Crippen LogP) is 3.02. The van der Waals surface area contributed by atoms with Crippen LogP contribution in [-0.2, 0) is 16.0 Å². The maximum atomic E-state index is 12.6. The van der Waals surface area contributed by atoms with Gasteiger partial charge >= 0.3 is 5.97 Å². The van der Waals surface area contributed by atoms with E-state index in [2.05, 4.69) is 10.4 Å². The molecule has 1 aromatic heterocycles. The molecule has 2 aromatic carbocycles. The Morgan fingerprint density at radius 2 is 1.90 bits per heavy atom. The molecule has 4 rings (SSSR count). The molecule has 0 saturated carbocycles. The number of fused-ring (bicyclic) bond motifs is 1. The summed E-state index contributed by atoms with van der Waals surface area (Å²) >= 11 is 0. The van der Waals surface area contributed by atoms with Crippen molar-refractivity contribution >= 4 is 23.3 Å². The molecule has 1 aliphatic heterocycles. The van der Waals surface area contributed by atoms with E-state index in [9.17, 15) is 14.4 Å². The predicted molar refractivity (Wildman–Crippen MR) is 106 cm³/mol. The maximum Gasteiger partial charge on any atom is 0.342 e. The fourth-order valence-corrected chi connectivity index (χ4v) is 3.45. The molecule has 0 saturated heterocycles. The number of nitrogens with one attached hydrogen (secondary N) is 1. The Labute approximate surface area is 167 Å². The number of esters is 1. The van der Waals surface area contributed by atoms with Crippen LogP contribution in [0.1, 0.15) is 37.7 Å². The first-order chi connectivity index (χ1) is 13.9. The van der Waals surface area contributed by atoms with Gasteiger partial charge in [-0.05, 0) is 49.7 Å². The van der Waals surface area contributed by atoms with Gasteiger partial charge in [-0.1, -0.05) is 18.2 Å². The topological polar surface area (TPSA) is 90.3 Å². The van der Waals surface area contributed by atoms with E-state index in [4.69, 9.17) is 4.74 Å². The molecular formula is C22H19N3O4. The van der Waals surface area contributed by atoms with Crippen molar-refractivity contribution in [2.24, 2.45) is 0 Å². The Hall–Kier alpha value is -3.74. The van der Waals surface area contributed by atoms with E-state index in [1.807, 2.05) is 30.3 Å². The van der Waals surface area contributed by atoms with Gasteiger partial charge in [-0.3, -0.25) is 9.59 Å². The summed E-state index contributed by atoms with van der Waals surface area (Å²) in [7, 11) is 0. The van der Waals surface area contributed by atoms with Crippen molar-refractivity contribution in [1.82, 2.24) is 9.78 Å². The van der Waals surface area contributed by atoms with Crippen molar-refractivity contribution < 1.29 is 19.1 Å². The fourth-order valence-electron chi connectivity index (χ4n) is 3.45. The maximum absolute atomic E-state index is 12.6. The van der Waals surface area contributed by atoms with E-state index >= 15 is 0 Å². The van der Waals surface area contributed by atoms with Gasteiger partial charge in [-0.25, -0.2) is 9.48 Å². The van der Waals surface area contributed by atoms with Gasteiger partial charge in [-0.2, -0.15) is 5.10 Å². The number of ether oxygens (including phenoxy) is 1. The Balaban J connectivity index is 1.48. The monoisotopic (exact) mass is 389 g/mol. The second-order valence-corrected chi connectivity index (χ2v) is 6.89. The molecule has 0 unspecified atom stereocenters. The van der Waals surface area contributed by atoms with E-state index < -0.39 is 5.97 Å². The number of benzene rings is 2. The van der Waals surface area contributed by atoms with Gasteiger partial charge < -0.3 is 10.1 Å². The lowest BCUT2D eigenvalue weighted by molar-refractivity contribution is -0.115. The molecular weight excluding hydrogens is 370 g/mol. The second kappa shape index (κ2) is 7.35. The van der Waals surface area contributed by atoms with Crippen molar-refractivity contribution in [2.75, 3.05) is 11.9 Å². The molecule has 0 aliphatic carbocycles. The first-order valence-electron chi connectivity index (χ1n) is 9.19. The third-order valence-electron chi connectivity index (χ3n) is 4.88. The SMILES string of the molecule is Cc1nn(-c2ccccc2)c(C)c1C(=O)OCC(=O)c1ccc2c(c1)CC(=O)N2. The Kier molecular flexibility index (Phi) is 4.72. The highest BCUT2D eigenvalue weighted by atomic mass is 16.5. The smallest absolute Gasteiger partial charge is 0.342 e. The summed E-state index contributed by atoms with van der Waals surface area (Å²) in [6.45, 7) is 3.14. The molecule has 29 heavy (non-hydrogen) atoms. The number of carbonyl (C=O) groups is 3. The van der Waals surface area contributed by atoms with Crippen molar-refractivity contribution in [2.45, 2.75) is 20.3 Å². The first kappa shape index (κ1) is 18.6. The van der Waals surface area contributed by atoms with Gasteiger partial charge in [0.05, 0.1) is 23.5 Å². The number of Topliss-reactive ketones (excluding diaryl/α,β-unsaturated/α-hetero) is 1. The van der Waals surface area contributed by atoms with E-state index in [-0.39, 0.29) is 24.7 Å². The Bertz CT molecular complexity index is 1130. The third kappa shape index (κ3) is 3.54. The molecule has 7 nitrogen and oxygen atoms in total. The minimum Gasteiger partial charge on any atom is -0.454 e. The van der Waals surface area contributed by atoms with Gasteiger partial charge in [-0.15, -0.1) is 0 Å². The van der Waals surface area contributed by atoms with Crippen molar-refractivity contribution in [3.63, 3.8) is 0 Å². The van der Waals surface area contributed by atoms with Crippen LogP contribution >= 0.6 is 0 Å². The van der Waals surface area contributed by atoms with Crippen LogP contribution in [0.2, 0.25) is 0 Å². The normalized spacial score (nSPS) is 12.4. The number of para-hydroxylation sites is 1. The van der Waals surface area contributed by atoms with Gasteiger partial charge in [0, 0.05) is 11.3 Å². The third-order valence-corrected chi connectivity index (χ3v) is 4.88. The molecule has 1 N–H and O–H groups in total. The summed E-state index contributed by atoms with van der Waals surface area (Å²) < 4.78 is 6.95. The Morgan fingerprint density at radius 3 is 2.66 bits per heavy atom. The van der Waals surface area contributed by atoms with E-state index in [0.717, 1.165) is 11.3 Å². The molecule has 1 aliphatic rings. The second-order valence-electron chi connectivity index (χ2n) is 6.89. The van der Waals surface area contributed by atoms with Crippen molar-refractivity contribution in [3.05, 3.63) is 76.6 Å². The van der Waals surface area contributed by atoms with E-state index in [1.165, 1.54) is 0 Å². The van der Waals surface area contributed by atoms with Crippen LogP contribution in [0, 0.1) is 13.8 Å². The van der Waals surface area contributed by atoms with Gasteiger partial charge in [0.1, 0.15) is 5.56 Å². The molecule has 0 spiro atoms. The van der Waals surface area contributed by atoms with Crippen LogP contribution in [0.4, 0.5) is 5.69 Å². The number of aromatic nitrogens is 2. The standard InChI is InChI=1S/C22H19N3O4/c1-13-21(14(2)25(24-13)17-6-4-3-5-7-17)22(28)29-12-19(26)15-8-9-18-16(10-15)11-20(27)23-18/h3-10H,11-12H2,1-2H3,(H,23,27). The van der Waals surface area contributed by atoms with E-state index in [1.54, 1.807) is 36.7 Å². The number of aryl methyl sites for hydroxylation is 1. The zero-order valence-corrected chi connectivity index (χ0v) is 16.1. The summed E-state index contributed by atoms with van der Waals surface area (Å²) in [6.07, 6.45) is 0.243. The molecule has 7 heteroatoms. The number of amides is 1. The van der Waals surface area contributed by atoms with Crippen LogP contribution in [0.3, 0.4) is 0 Å². The summed E-state index contributed by atoms with van der Waals surface area (Å²) in [5.41, 5.74) is 4.25. The van der Waals surface area contributed by atoms with Gasteiger partial charge in [0.2, 0.25) is 5.91 Å². The van der Waals surface area contributed by atoms with E-state index in [0.29, 0.717) is 28.2 Å². The lowest BCUT2D eigenvalue weighted by atomic mass is 10.1. The Morgan fingerprint density at radius 1 is 1.14 bits per heavy atom. The quantitative estimate of drug-likeness (QED) is 0.535. The average molecular weight is 389 g/mol. The highest BCUT2D eigenvalue weighted by Gasteiger charge is 2.23. The largest absolute Gasteiger partial charge is 0.454 e. The molecule has 0 atom stereocenters. The van der Waals surface area contributed by atoms with Crippen molar-refractivity contribution in [3.8, 4) is 5.69 Å². The molecule has 0 radical (unpaired) electrons. The number of carbonyl (C=O) groups excluding carboxylic acids is 3. The summed E-state index contributed by atoms with van der Waals surface area (Å²) in [4.78, 5) is 36.5. The van der Waals surface area contributed by atoms with Gasteiger partial charge in [0.15, 0.2) is 12.4 Å². The van der Waals surface area contributed by atoms with Crippen molar-refractivity contribution in [1.29, 1.82) is 0 Å². The fraction of sp³-hybridized carbons (Fsp3) is 0.182. The zero-order valence-electron chi connectivity index (χ0n) is 16.1. The molecule has 1 amide bonds. The summed E-state index contributed by atoms with van der Waals surface area (Å²) in [5, 5.41) is 7.14. The minimum atomic E-state index is -0.589. The van der Waals surface area contributed by atoms with Crippen LogP contribution in [0.25, 0.3) is 5.69 Å². The van der Waals surface area contributed by atoms with Gasteiger partial charge in [0.25, 0.3) is 0 Å².